The molecule has 0 heterocycles. The predicted octanol–water partition coefficient (Wildman–Crippen LogP) is 1.52. The highest BCUT2D eigenvalue weighted by Gasteiger charge is 2.21. The highest BCUT2D eigenvalue weighted by Crippen LogP contribution is 2.23. The molecule has 1 atom stereocenters. The summed E-state index contributed by atoms with van der Waals surface area (Å²) < 4.78 is 4.93. The summed E-state index contributed by atoms with van der Waals surface area (Å²) in [5, 5.41) is 13.5. The Kier molecular flexibility index (Phi) is 5.46. The second-order valence-electron chi connectivity index (χ2n) is 4.13. The van der Waals surface area contributed by atoms with Gasteiger partial charge in [0.1, 0.15) is 0 Å². The summed E-state index contributed by atoms with van der Waals surface area (Å²) in [7, 11) is 1.68. The number of hydrogen-bond acceptors (Lipinski definition) is 3. The third-order valence-electron chi connectivity index (χ3n) is 2.67. The van der Waals surface area contributed by atoms with Gasteiger partial charge in [0, 0.05) is 13.7 Å². The Morgan fingerprint density at radius 3 is 2.56 bits per heavy atom. The maximum atomic E-state index is 10.3. The Hall–Kier alpha value is -0.900. The Morgan fingerprint density at radius 2 is 1.94 bits per heavy atom. The van der Waals surface area contributed by atoms with Gasteiger partial charge >= 0.3 is 0 Å². The number of aliphatic hydroxyl groups is 1. The second-order valence-corrected chi connectivity index (χ2v) is 4.13. The van der Waals surface area contributed by atoms with Crippen molar-refractivity contribution in [1.29, 1.82) is 0 Å². The fourth-order valence-corrected chi connectivity index (χ4v) is 1.57. The zero-order valence-electron chi connectivity index (χ0n) is 10.1. The lowest BCUT2D eigenvalue weighted by molar-refractivity contribution is 0.0475. The summed E-state index contributed by atoms with van der Waals surface area (Å²) in [6, 6.07) is 9.75. The molecule has 1 unspecified atom stereocenters. The molecule has 2 N–H and O–H groups in total. The molecule has 0 aliphatic carbocycles. The third-order valence-corrected chi connectivity index (χ3v) is 2.67. The number of methoxy groups -OCH3 is 1. The van der Waals surface area contributed by atoms with Gasteiger partial charge in [-0.05, 0) is 25.5 Å². The van der Waals surface area contributed by atoms with E-state index < -0.39 is 5.60 Å². The lowest BCUT2D eigenvalue weighted by Crippen LogP contribution is -2.29. The summed E-state index contributed by atoms with van der Waals surface area (Å²) in [4.78, 5) is 0. The van der Waals surface area contributed by atoms with Crippen molar-refractivity contribution in [3.05, 3.63) is 35.9 Å². The molecule has 1 aromatic carbocycles. The van der Waals surface area contributed by atoms with Crippen LogP contribution in [0.15, 0.2) is 30.3 Å². The van der Waals surface area contributed by atoms with E-state index in [1.54, 1.807) is 7.11 Å². The molecule has 1 rings (SSSR count). The quantitative estimate of drug-likeness (QED) is 0.689. The van der Waals surface area contributed by atoms with Gasteiger partial charge in [0.25, 0.3) is 0 Å². The van der Waals surface area contributed by atoms with E-state index in [4.69, 9.17) is 4.74 Å². The molecule has 0 amide bonds. The molecular weight excluding hydrogens is 202 g/mol. The van der Waals surface area contributed by atoms with Crippen LogP contribution in [0.3, 0.4) is 0 Å². The molecule has 3 nitrogen and oxygen atoms in total. The molecule has 0 radical (unpaired) electrons. The minimum absolute atomic E-state index is 0.695. The number of rotatable bonds is 7. The largest absolute Gasteiger partial charge is 0.385 e. The first-order chi connectivity index (χ1) is 7.67. The molecule has 90 valence electrons. The van der Waals surface area contributed by atoms with E-state index in [9.17, 15) is 5.11 Å². The van der Waals surface area contributed by atoms with Gasteiger partial charge in [0.15, 0.2) is 0 Å². The van der Waals surface area contributed by atoms with E-state index in [0.717, 1.165) is 18.7 Å². The van der Waals surface area contributed by atoms with Crippen LogP contribution in [-0.2, 0) is 10.3 Å². The molecule has 0 saturated heterocycles. The molecule has 0 aromatic heterocycles. The lowest BCUT2D eigenvalue weighted by atomic mass is 9.93. The fraction of sp³-hybridized carbons (Fsp3) is 0.538. The van der Waals surface area contributed by atoms with E-state index in [2.05, 4.69) is 5.32 Å². The van der Waals surface area contributed by atoms with E-state index >= 15 is 0 Å². The lowest BCUT2D eigenvalue weighted by Gasteiger charge is -2.24. The Balaban J connectivity index is 2.35. The third kappa shape index (κ3) is 4.31. The van der Waals surface area contributed by atoms with Gasteiger partial charge in [-0.1, -0.05) is 30.3 Å². The highest BCUT2D eigenvalue weighted by molar-refractivity contribution is 5.21. The van der Waals surface area contributed by atoms with Crippen molar-refractivity contribution in [1.82, 2.24) is 5.32 Å². The highest BCUT2D eigenvalue weighted by atomic mass is 16.5. The Bertz CT molecular complexity index is 285. The van der Waals surface area contributed by atoms with Gasteiger partial charge in [0.2, 0.25) is 0 Å². The second kappa shape index (κ2) is 6.63. The smallest absolute Gasteiger partial charge is 0.0880 e. The van der Waals surface area contributed by atoms with Crippen molar-refractivity contribution in [2.24, 2.45) is 0 Å². The van der Waals surface area contributed by atoms with Crippen LogP contribution < -0.4 is 5.32 Å². The predicted molar refractivity (Wildman–Crippen MR) is 65.4 cm³/mol. The molecular formula is C13H21NO2. The summed E-state index contributed by atoms with van der Waals surface area (Å²) in [5.41, 5.74) is 0.199. The van der Waals surface area contributed by atoms with Crippen molar-refractivity contribution in [3.63, 3.8) is 0 Å². The van der Waals surface area contributed by atoms with Gasteiger partial charge in [0.05, 0.1) is 12.2 Å². The number of nitrogens with one attached hydrogen (secondary N) is 1. The van der Waals surface area contributed by atoms with E-state index in [1.165, 1.54) is 0 Å². The van der Waals surface area contributed by atoms with Crippen LogP contribution in [-0.4, -0.2) is 31.9 Å². The van der Waals surface area contributed by atoms with Gasteiger partial charge in [-0.3, -0.25) is 0 Å². The molecule has 0 spiro atoms. The summed E-state index contributed by atoms with van der Waals surface area (Å²) >= 11 is 0. The maximum Gasteiger partial charge on any atom is 0.0880 e. The number of ether oxygens (including phenoxy) is 1. The van der Waals surface area contributed by atoms with Crippen LogP contribution in [0.25, 0.3) is 0 Å². The standard InChI is InChI=1S/C13H21NO2/c1-13(15,8-9-14-10-11-16-2)12-6-4-3-5-7-12/h3-7,14-15H,8-11H2,1-2H3. The summed E-state index contributed by atoms with van der Waals surface area (Å²) in [6.07, 6.45) is 0.695. The molecule has 1 aromatic rings. The number of benzene rings is 1. The first-order valence-corrected chi connectivity index (χ1v) is 5.64. The number of hydrogen-bond donors (Lipinski definition) is 2. The topological polar surface area (TPSA) is 41.5 Å². The van der Waals surface area contributed by atoms with Crippen molar-refractivity contribution >= 4 is 0 Å². The summed E-state index contributed by atoms with van der Waals surface area (Å²) in [6.45, 7) is 4.15. The normalized spacial score (nSPS) is 14.7. The molecule has 0 bridgehead atoms. The first-order valence-electron chi connectivity index (χ1n) is 5.64. The summed E-state index contributed by atoms with van der Waals surface area (Å²) in [5.74, 6) is 0. The van der Waals surface area contributed by atoms with E-state index in [0.29, 0.717) is 13.0 Å². The average molecular weight is 223 g/mol. The zero-order valence-corrected chi connectivity index (χ0v) is 10.1. The average Bonchev–Trinajstić information content (AvgIpc) is 2.30. The monoisotopic (exact) mass is 223 g/mol. The van der Waals surface area contributed by atoms with Crippen molar-refractivity contribution in [2.75, 3.05) is 26.8 Å². The first kappa shape index (κ1) is 13.2. The van der Waals surface area contributed by atoms with Crippen molar-refractivity contribution in [2.45, 2.75) is 18.9 Å². The molecule has 3 heteroatoms. The Labute approximate surface area is 97.4 Å². The molecule has 16 heavy (non-hydrogen) atoms. The van der Waals surface area contributed by atoms with Crippen molar-refractivity contribution < 1.29 is 9.84 Å². The van der Waals surface area contributed by atoms with Gasteiger partial charge in [-0.25, -0.2) is 0 Å². The molecule has 0 aliphatic heterocycles. The SMILES string of the molecule is COCCNCCC(C)(O)c1ccccc1. The van der Waals surface area contributed by atoms with Crippen LogP contribution in [0.4, 0.5) is 0 Å². The Morgan fingerprint density at radius 1 is 1.25 bits per heavy atom. The van der Waals surface area contributed by atoms with Gasteiger partial charge in [-0.15, -0.1) is 0 Å². The molecule has 0 aliphatic rings. The molecule has 0 fully saturated rings. The zero-order chi connectivity index (χ0) is 11.9. The maximum absolute atomic E-state index is 10.3. The molecule has 0 saturated carbocycles. The van der Waals surface area contributed by atoms with Gasteiger partial charge in [-0.2, -0.15) is 0 Å². The van der Waals surface area contributed by atoms with Crippen molar-refractivity contribution in [3.8, 4) is 0 Å². The van der Waals surface area contributed by atoms with Crippen LogP contribution >= 0.6 is 0 Å². The van der Waals surface area contributed by atoms with Crippen LogP contribution in [0.2, 0.25) is 0 Å². The minimum atomic E-state index is -0.763. The van der Waals surface area contributed by atoms with Crippen LogP contribution in [0, 0.1) is 0 Å². The van der Waals surface area contributed by atoms with Gasteiger partial charge < -0.3 is 15.2 Å². The van der Waals surface area contributed by atoms with Crippen LogP contribution in [0.5, 0.6) is 0 Å². The van der Waals surface area contributed by atoms with Crippen LogP contribution in [0.1, 0.15) is 18.9 Å². The fourth-order valence-electron chi connectivity index (χ4n) is 1.57. The van der Waals surface area contributed by atoms with E-state index in [-0.39, 0.29) is 0 Å². The minimum Gasteiger partial charge on any atom is -0.385 e. The van der Waals surface area contributed by atoms with E-state index in [1.807, 2.05) is 37.3 Å².